The first-order valence-corrected chi connectivity index (χ1v) is 6.59. The average molecular weight is 386 g/mol. The second-order valence-electron chi connectivity index (χ2n) is 1.54. The van der Waals surface area contributed by atoms with Crippen LogP contribution in [-0.2, 0) is 61.6 Å². The molecule has 0 saturated carbocycles. The van der Waals surface area contributed by atoms with E-state index < -0.39 is 26.0 Å². The largest absolute Gasteiger partial charge is 1.00 e. The molecule has 0 heterocycles. The molecule has 0 unspecified atom stereocenters. The maximum atomic E-state index is 10.2. The standard InChI is InChI=1S/2Fe.2Li.H4O10P2S.2H/c;;;;1-11(2,3)9-13(7,8)10-12(4,5)6;;/h;;;;(H2,1,2,3)(H2,4,5,6);;/q;;2*+1;;2*-1. The molecule has 0 saturated heterocycles. The first-order valence-electron chi connectivity index (χ1n) is 2.20. The summed E-state index contributed by atoms with van der Waals surface area (Å²) in [5, 5.41) is 0. The zero-order valence-electron chi connectivity index (χ0n) is 10.2. The van der Waals surface area contributed by atoms with Crippen LogP contribution in [0.5, 0.6) is 0 Å². The van der Waals surface area contributed by atoms with Gasteiger partial charge in [0.05, 0.1) is 0 Å². The van der Waals surface area contributed by atoms with Gasteiger partial charge in [0, 0.05) is 34.1 Å². The molecule has 0 aromatic rings. The van der Waals surface area contributed by atoms with Crippen molar-refractivity contribution in [2.75, 3.05) is 0 Å². The summed E-state index contributed by atoms with van der Waals surface area (Å²) in [6.45, 7) is 0. The first-order chi connectivity index (χ1) is 5.41. The number of rotatable bonds is 4. The minimum atomic E-state index is -5.43. The van der Waals surface area contributed by atoms with Gasteiger partial charge in [0.15, 0.2) is 0 Å². The summed E-state index contributed by atoms with van der Waals surface area (Å²) in [5.41, 5.74) is 0. The maximum Gasteiger partial charge on any atom is 1.00 e. The van der Waals surface area contributed by atoms with Crippen LogP contribution in [0.2, 0.25) is 0 Å². The van der Waals surface area contributed by atoms with E-state index in [2.05, 4.69) is 7.94 Å². The van der Waals surface area contributed by atoms with Crippen LogP contribution in [0.25, 0.3) is 0 Å². The van der Waals surface area contributed by atoms with E-state index in [-0.39, 0.29) is 74.7 Å². The predicted octanol–water partition coefficient (Wildman–Crippen LogP) is -7.32. The van der Waals surface area contributed by atoms with E-state index in [0.717, 1.165) is 0 Å². The quantitative estimate of drug-likeness (QED) is 0.269. The molecule has 0 atom stereocenters. The summed E-state index contributed by atoms with van der Waals surface area (Å²) < 4.78 is 46.1. The van der Waals surface area contributed by atoms with Gasteiger partial charge >= 0.3 is 63.8 Å². The normalized spacial score (nSPS) is 11.1. The Morgan fingerprint density at radius 3 is 1.12 bits per heavy atom. The molecule has 100 valence electrons. The predicted molar refractivity (Wildman–Crippen MR) is 37.4 cm³/mol. The third-order valence-electron chi connectivity index (χ3n) is 0.377. The van der Waals surface area contributed by atoms with Crippen molar-refractivity contribution in [3.05, 3.63) is 0 Å². The Hall–Kier alpha value is 2.40. The van der Waals surface area contributed by atoms with Crippen LogP contribution >= 0.6 is 15.6 Å². The van der Waals surface area contributed by atoms with Crippen molar-refractivity contribution in [2.45, 2.75) is 0 Å². The van der Waals surface area contributed by atoms with Gasteiger partial charge in [-0.05, 0) is 0 Å². The van der Waals surface area contributed by atoms with Crippen molar-refractivity contribution >= 4 is 26.0 Å². The number of hydrogen-bond acceptors (Lipinski definition) is 6. The summed E-state index contributed by atoms with van der Waals surface area (Å²) in [7, 11) is -16.3. The summed E-state index contributed by atoms with van der Waals surface area (Å²) >= 11 is 0. The van der Waals surface area contributed by atoms with Gasteiger partial charge in [-0.15, -0.1) is 7.94 Å². The van der Waals surface area contributed by atoms with E-state index in [4.69, 9.17) is 19.6 Å². The Labute approximate surface area is 145 Å². The second-order valence-corrected chi connectivity index (χ2v) is 5.51. The van der Waals surface area contributed by atoms with Crippen LogP contribution in [0.4, 0.5) is 0 Å². The molecule has 10 nitrogen and oxygen atoms in total. The summed E-state index contributed by atoms with van der Waals surface area (Å²) in [4.78, 5) is 31.7. The molecule has 0 aliphatic carbocycles. The van der Waals surface area contributed by atoms with Crippen molar-refractivity contribution in [2.24, 2.45) is 0 Å². The molecule has 4 N–H and O–H groups in total. The fraction of sp³-hybridized carbons (Fsp3) is 0. The minimum Gasteiger partial charge on any atom is -1.00 e. The molecule has 0 aliphatic rings. The second kappa shape index (κ2) is 11.1. The molecule has 0 bridgehead atoms. The Balaban J connectivity index is -0.0000000480. The van der Waals surface area contributed by atoms with E-state index in [1.807, 2.05) is 0 Å². The zero-order valence-corrected chi connectivity index (χ0v) is 13.1. The van der Waals surface area contributed by atoms with Crippen molar-refractivity contribution in [3.8, 4) is 0 Å². The van der Waals surface area contributed by atoms with Gasteiger partial charge in [-0.3, -0.25) is 0 Å². The van der Waals surface area contributed by atoms with Gasteiger partial charge in [-0.25, -0.2) is 9.13 Å². The number of phosphoric acid groups is 2. The Bertz CT molecular complexity index is 345. The summed E-state index contributed by atoms with van der Waals surface area (Å²) in [5.74, 6) is 0. The molecule has 0 aliphatic heterocycles. The van der Waals surface area contributed by atoms with Crippen LogP contribution in [0, 0.1) is 0 Å². The molecule has 0 aromatic carbocycles. The van der Waals surface area contributed by atoms with Crippen LogP contribution in [-0.4, -0.2) is 28.0 Å². The van der Waals surface area contributed by atoms with E-state index >= 15 is 0 Å². The maximum absolute atomic E-state index is 10.2. The molecular formula is H6Fe2Li2O10P2S. The summed E-state index contributed by atoms with van der Waals surface area (Å²) in [6.07, 6.45) is 0. The SMILES string of the molecule is O=P(O)(O)OS(=O)(=O)OP(=O)(O)O.[Fe].[Fe].[H-].[H-].[Li+].[Li+]. The van der Waals surface area contributed by atoms with Crippen molar-refractivity contribution in [1.29, 1.82) is 0 Å². The van der Waals surface area contributed by atoms with E-state index in [9.17, 15) is 17.5 Å². The van der Waals surface area contributed by atoms with E-state index in [0.29, 0.717) is 0 Å². The smallest absolute Gasteiger partial charge is 1.00 e. The van der Waals surface area contributed by atoms with E-state index in [1.165, 1.54) is 0 Å². The number of hydrogen-bond donors (Lipinski definition) is 4. The topological polar surface area (TPSA) is 168 Å². The zero-order chi connectivity index (χ0) is 10.9. The molecule has 17 heteroatoms. The summed E-state index contributed by atoms with van der Waals surface area (Å²) in [6, 6.07) is 0. The van der Waals surface area contributed by atoms with Crippen LogP contribution < -0.4 is 37.7 Å². The third kappa shape index (κ3) is 23.9. The van der Waals surface area contributed by atoms with Gasteiger partial charge in [-0.2, -0.15) is 8.42 Å². The van der Waals surface area contributed by atoms with Crippen molar-refractivity contribution < 1.29 is 120 Å². The average Bonchev–Trinajstić information content (AvgIpc) is 1.43. The van der Waals surface area contributed by atoms with Gasteiger partial charge in [0.1, 0.15) is 0 Å². The van der Waals surface area contributed by atoms with Gasteiger partial charge in [0.2, 0.25) is 0 Å². The molecule has 0 rings (SSSR count). The third-order valence-corrected chi connectivity index (χ3v) is 3.39. The van der Waals surface area contributed by atoms with Gasteiger partial charge in [0.25, 0.3) is 0 Å². The molecule has 0 fully saturated rings. The first kappa shape index (κ1) is 31.7. The van der Waals surface area contributed by atoms with Gasteiger partial charge < -0.3 is 22.4 Å². The molecular weight excluding hydrogens is 380 g/mol. The monoisotopic (exact) mass is 386 g/mol. The Morgan fingerprint density at radius 1 is 0.824 bits per heavy atom. The minimum absolute atomic E-state index is 0. The van der Waals surface area contributed by atoms with Crippen molar-refractivity contribution in [3.63, 3.8) is 0 Å². The Morgan fingerprint density at radius 2 is 1.00 bits per heavy atom. The fourth-order valence-corrected chi connectivity index (χ4v) is 2.51. The molecule has 0 radical (unpaired) electrons. The Kier molecular flexibility index (Phi) is 20.7. The van der Waals surface area contributed by atoms with Crippen LogP contribution in [0.1, 0.15) is 2.85 Å². The fourth-order valence-electron chi connectivity index (χ4n) is 0.251. The molecule has 17 heavy (non-hydrogen) atoms. The molecule has 0 aromatic heterocycles. The molecule has 0 amide bonds. The van der Waals surface area contributed by atoms with E-state index in [1.54, 1.807) is 0 Å². The van der Waals surface area contributed by atoms with Crippen molar-refractivity contribution in [1.82, 2.24) is 0 Å². The molecule has 0 spiro atoms. The van der Waals surface area contributed by atoms with Gasteiger partial charge in [-0.1, -0.05) is 0 Å². The van der Waals surface area contributed by atoms with Crippen LogP contribution in [0.15, 0.2) is 0 Å². The van der Waals surface area contributed by atoms with Crippen LogP contribution in [0.3, 0.4) is 0 Å².